The summed E-state index contributed by atoms with van der Waals surface area (Å²) in [4.78, 5) is 49.3. The Bertz CT molecular complexity index is 1640. The molecule has 0 aliphatic rings. The first kappa shape index (κ1) is 35.4. The van der Waals surface area contributed by atoms with Gasteiger partial charge in [-0.3, -0.25) is 20.2 Å². The molecule has 2 aromatic heterocycles. The molecule has 0 fully saturated rings. The summed E-state index contributed by atoms with van der Waals surface area (Å²) in [6.45, 7) is 12.8. The van der Waals surface area contributed by atoms with E-state index in [0.29, 0.717) is 33.3 Å². The normalized spacial score (nSPS) is 11.0. The average Bonchev–Trinajstić information content (AvgIpc) is 3.57. The third-order valence-electron chi connectivity index (χ3n) is 5.72. The molecule has 11 nitrogen and oxygen atoms in total. The van der Waals surface area contributed by atoms with Gasteiger partial charge in [0.15, 0.2) is 0 Å². The molecular weight excluding hydrogens is 606 g/mol. The number of aryl methyl sites for hydroxylation is 2. The van der Waals surface area contributed by atoms with Crippen LogP contribution in [0.5, 0.6) is 0 Å². The quantitative estimate of drug-likeness (QED) is 0.166. The number of anilines is 4. The molecule has 4 amide bonds. The lowest BCUT2D eigenvalue weighted by Gasteiger charge is -2.19. The van der Waals surface area contributed by atoms with Crippen LogP contribution in [-0.2, 0) is 16.5 Å². The molecule has 2 heterocycles. The molecule has 244 valence electrons. The van der Waals surface area contributed by atoms with Crippen LogP contribution in [-0.4, -0.2) is 39.8 Å². The maximum atomic E-state index is 12.1. The molecule has 0 unspecified atom stereocenters. The first-order valence-electron chi connectivity index (χ1n) is 14.5. The molecule has 4 rings (SSSR count). The minimum absolute atomic E-state index is 0.143. The zero-order valence-corrected chi connectivity index (χ0v) is 28.1. The van der Waals surface area contributed by atoms with Crippen LogP contribution in [0.4, 0.5) is 32.3 Å². The van der Waals surface area contributed by atoms with Crippen molar-refractivity contribution >= 4 is 58.1 Å². The fourth-order valence-corrected chi connectivity index (χ4v) is 4.52. The van der Waals surface area contributed by atoms with E-state index in [9.17, 15) is 19.2 Å². The van der Waals surface area contributed by atoms with E-state index in [1.807, 2.05) is 32.3 Å². The number of nitrogens with one attached hydrogen (secondary N) is 4. The van der Waals surface area contributed by atoms with E-state index in [-0.39, 0.29) is 11.8 Å². The van der Waals surface area contributed by atoms with Crippen molar-refractivity contribution in [1.29, 1.82) is 0 Å². The second-order valence-electron chi connectivity index (χ2n) is 12.2. The van der Waals surface area contributed by atoms with Gasteiger partial charge in [-0.05, 0) is 121 Å². The van der Waals surface area contributed by atoms with E-state index in [1.165, 1.54) is 11.3 Å². The molecule has 0 aliphatic heterocycles. The van der Waals surface area contributed by atoms with Crippen LogP contribution in [0.15, 0.2) is 79.0 Å². The molecule has 46 heavy (non-hydrogen) atoms. The SMILES string of the molecule is Cc1ccc(C(=O)Nc2ccc(NC(=O)OC(C)(C)C)cc2)s1.Cn1cccc1C(=O)Nc1ccc(NC(=O)OC(C)(C)C)cc1. The highest BCUT2D eigenvalue weighted by Crippen LogP contribution is 2.20. The van der Waals surface area contributed by atoms with Crippen LogP contribution in [0.3, 0.4) is 0 Å². The molecule has 12 heteroatoms. The lowest BCUT2D eigenvalue weighted by molar-refractivity contribution is 0.0624. The zero-order chi connectivity index (χ0) is 34.1. The molecule has 0 bridgehead atoms. The molecule has 0 aliphatic carbocycles. The van der Waals surface area contributed by atoms with Crippen LogP contribution in [0.2, 0.25) is 0 Å². The molecule has 4 N–H and O–H groups in total. The Morgan fingerprint density at radius 1 is 0.609 bits per heavy atom. The summed E-state index contributed by atoms with van der Waals surface area (Å²) in [6, 6.07) is 21.0. The summed E-state index contributed by atoms with van der Waals surface area (Å²) in [5.41, 5.74) is 1.98. The number of benzene rings is 2. The lowest BCUT2D eigenvalue weighted by atomic mass is 10.2. The van der Waals surface area contributed by atoms with Crippen molar-refractivity contribution in [1.82, 2.24) is 4.57 Å². The van der Waals surface area contributed by atoms with Crippen LogP contribution in [0, 0.1) is 6.92 Å². The number of carbonyl (C=O) groups is 4. The fraction of sp³-hybridized carbons (Fsp3) is 0.294. The van der Waals surface area contributed by atoms with Gasteiger partial charge in [0.2, 0.25) is 0 Å². The van der Waals surface area contributed by atoms with Crippen molar-refractivity contribution in [2.24, 2.45) is 7.05 Å². The Labute approximate surface area is 273 Å². The Kier molecular flexibility index (Phi) is 11.7. The predicted molar refractivity (Wildman–Crippen MR) is 183 cm³/mol. The topological polar surface area (TPSA) is 140 Å². The number of amides is 4. The van der Waals surface area contributed by atoms with E-state index in [1.54, 1.807) is 107 Å². The molecule has 0 saturated carbocycles. The van der Waals surface area contributed by atoms with Gasteiger partial charge in [0.05, 0.1) is 4.88 Å². The predicted octanol–water partition coefficient (Wildman–Crippen LogP) is 8.28. The Balaban J connectivity index is 0.000000250. The highest BCUT2D eigenvalue weighted by atomic mass is 32.1. The first-order valence-corrected chi connectivity index (χ1v) is 15.3. The van der Waals surface area contributed by atoms with Gasteiger partial charge in [-0.15, -0.1) is 11.3 Å². The number of hydrogen-bond donors (Lipinski definition) is 4. The monoisotopic (exact) mass is 647 g/mol. The largest absolute Gasteiger partial charge is 0.444 e. The van der Waals surface area contributed by atoms with Crippen molar-refractivity contribution < 1.29 is 28.7 Å². The molecule has 2 aromatic carbocycles. The van der Waals surface area contributed by atoms with Crippen molar-refractivity contribution in [3.63, 3.8) is 0 Å². The van der Waals surface area contributed by atoms with Gasteiger partial charge in [0.25, 0.3) is 11.8 Å². The number of nitrogens with zero attached hydrogens (tertiary/aromatic N) is 1. The molecule has 0 atom stereocenters. The number of rotatable bonds is 6. The van der Waals surface area contributed by atoms with E-state index in [0.717, 1.165) is 4.88 Å². The smallest absolute Gasteiger partial charge is 0.412 e. The maximum absolute atomic E-state index is 12.1. The van der Waals surface area contributed by atoms with Gasteiger partial charge in [-0.2, -0.15) is 0 Å². The van der Waals surface area contributed by atoms with Gasteiger partial charge in [-0.1, -0.05) is 0 Å². The number of hydrogen-bond acceptors (Lipinski definition) is 7. The summed E-state index contributed by atoms with van der Waals surface area (Å²) in [5.74, 6) is -0.332. The van der Waals surface area contributed by atoms with Crippen LogP contribution >= 0.6 is 11.3 Å². The average molecular weight is 648 g/mol. The van der Waals surface area contributed by atoms with Crippen molar-refractivity contribution in [2.75, 3.05) is 21.3 Å². The van der Waals surface area contributed by atoms with Crippen molar-refractivity contribution in [3.05, 3.63) is 94.4 Å². The molecule has 0 spiro atoms. The lowest BCUT2D eigenvalue weighted by Crippen LogP contribution is -2.27. The molecule has 0 saturated heterocycles. The fourth-order valence-electron chi connectivity index (χ4n) is 3.76. The Morgan fingerprint density at radius 2 is 1.02 bits per heavy atom. The van der Waals surface area contributed by atoms with Crippen molar-refractivity contribution in [2.45, 2.75) is 59.7 Å². The van der Waals surface area contributed by atoms with E-state index in [2.05, 4.69) is 21.3 Å². The molecular formula is C34H41N5O6S. The maximum Gasteiger partial charge on any atom is 0.412 e. The molecule has 4 aromatic rings. The molecule has 0 radical (unpaired) electrons. The standard InChI is InChI=1S/C17H21N3O3.C17H20N2O3S/c1-17(2,3)23-16(22)19-13-9-7-12(8-10-13)18-15(21)14-6-5-11-20(14)4;1-11-5-10-14(23-11)15(20)18-12-6-8-13(9-7-12)19-16(21)22-17(2,3)4/h5-11H,1-4H3,(H,18,21)(H,19,22);5-10H,1-4H3,(H,18,20)(H,19,21). The van der Waals surface area contributed by atoms with Crippen LogP contribution in [0.1, 0.15) is 66.6 Å². The van der Waals surface area contributed by atoms with Gasteiger partial charge in [0.1, 0.15) is 16.9 Å². The van der Waals surface area contributed by atoms with Gasteiger partial charge in [0, 0.05) is 40.9 Å². The number of aromatic nitrogens is 1. The van der Waals surface area contributed by atoms with Gasteiger partial charge >= 0.3 is 12.2 Å². The summed E-state index contributed by atoms with van der Waals surface area (Å²) in [6.07, 6.45) is 0.782. The minimum Gasteiger partial charge on any atom is -0.444 e. The van der Waals surface area contributed by atoms with E-state index >= 15 is 0 Å². The highest BCUT2D eigenvalue weighted by Gasteiger charge is 2.17. The Morgan fingerprint density at radius 3 is 1.37 bits per heavy atom. The van der Waals surface area contributed by atoms with E-state index in [4.69, 9.17) is 9.47 Å². The van der Waals surface area contributed by atoms with Crippen molar-refractivity contribution in [3.8, 4) is 0 Å². The van der Waals surface area contributed by atoms with Gasteiger partial charge < -0.3 is 24.7 Å². The number of carbonyl (C=O) groups excluding carboxylic acids is 4. The first-order chi connectivity index (χ1) is 21.5. The third-order valence-corrected chi connectivity index (χ3v) is 6.72. The zero-order valence-electron chi connectivity index (χ0n) is 27.3. The van der Waals surface area contributed by atoms with E-state index < -0.39 is 23.4 Å². The van der Waals surface area contributed by atoms with Gasteiger partial charge in [-0.25, -0.2) is 9.59 Å². The summed E-state index contributed by atoms with van der Waals surface area (Å²) in [5, 5.41) is 10.9. The van der Waals surface area contributed by atoms with Crippen LogP contribution < -0.4 is 21.3 Å². The third kappa shape index (κ3) is 12.1. The second kappa shape index (κ2) is 15.3. The summed E-state index contributed by atoms with van der Waals surface area (Å²) in [7, 11) is 1.81. The van der Waals surface area contributed by atoms with Crippen LogP contribution in [0.25, 0.3) is 0 Å². The Hall–Kier alpha value is -5.10. The summed E-state index contributed by atoms with van der Waals surface area (Å²) >= 11 is 1.45. The highest BCUT2D eigenvalue weighted by molar-refractivity contribution is 7.14. The minimum atomic E-state index is -0.549. The second-order valence-corrected chi connectivity index (χ2v) is 13.5. The summed E-state index contributed by atoms with van der Waals surface area (Å²) < 4.78 is 12.1. The number of ether oxygens (including phenoxy) is 2. The number of thiophene rings is 1.